The third kappa shape index (κ3) is 2.18. The van der Waals surface area contributed by atoms with Crippen molar-refractivity contribution in [2.24, 2.45) is 0 Å². The molecule has 1 saturated carbocycles. The summed E-state index contributed by atoms with van der Waals surface area (Å²) in [6.45, 7) is 1.45. The molecule has 20 heavy (non-hydrogen) atoms. The second kappa shape index (κ2) is 5.44. The van der Waals surface area contributed by atoms with Gasteiger partial charge in [0.15, 0.2) is 0 Å². The molecule has 3 rings (SSSR count). The van der Waals surface area contributed by atoms with Crippen molar-refractivity contribution in [1.29, 1.82) is 0 Å². The lowest BCUT2D eigenvalue weighted by molar-refractivity contribution is 0.0486. The molecule has 1 fully saturated rings. The molecule has 0 radical (unpaired) electrons. The van der Waals surface area contributed by atoms with E-state index in [4.69, 9.17) is 4.74 Å². The monoisotopic (exact) mass is 274 g/mol. The summed E-state index contributed by atoms with van der Waals surface area (Å²) in [4.78, 5) is 14.9. The van der Waals surface area contributed by atoms with Gasteiger partial charge in [0.25, 0.3) is 5.91 Å². The van der Waals surface area contributed by atoms with Gasteiger partial charge in [0.05, 0.1) is 5.56 Å². The van der Waals surface area contributed by atoms with Gasteiger partial charge < -0.3 is 15.0 Å². The lowest BCUT2D eigenvalue weighted by Gasteiger charge is -2.46. The molecular formula is C16H22N2O2. The van der Waals surface area contributed by atoms with Gasteiger partial charge in [-0.15, -0.1) is 0 Å². The Morgan fingerprint density at radius 3 is 2.80 bits per heavy atom. The van der Waals surface area contributed by atoms with Crippen molar-refractivity contribution in [1.82, 2.24) is 4.90 Å². The first-order valence-electron chi connectivity index (χ1n) is 7.45. The van der Waals surface area contributed by atoms with E-state index < -0.39 is 0 Å². The predicted molar refractivity (Wildman–Crippen MR) is 78.8 cm³/mol. The Bertz CT molecular complexity index is 495. The Morgan fingerprint density at radius 2 is 2.05 bits per heavy atom. The zero-order chi connectivity index (χ0) is 14.0. The molecule has 0 atom stereocenters. The maximum absolute atomic E-state index is 12.8. The largest absolute Gasteiger partial charge is 0.385 e. The van der Waals surface area contributed by atoms with E-state index >= 15 is 0 Å². The van der Waals surface area contributed by atoms with Gasteiger partial charge in [-0.05, 0) is 44.2 Å². The van der Waals surface area contributed by atoms with Gasteiger partial charge in [-0.3, -0.25) is 4.79 Å². The summed E-state index contributed by atoms with van der Waals surface area (Å²) >= 11 is 0. The minimum atomic E-state index is -0.167. The van der Waals surface area contributed by atoms with E-state index in [1.165, 1.54) is 12.8 Å². The highest BCUT2D eigenvalue weighted by Gasteiger charge is 2.45. The maximum Gasteiger partial charge on any atom is 0.257 e. The average Bonchev–Trinajstić information content (AvgIpc) is 2.92. The third-order valence-corrected chi connectivity index (χ3v) is 4.45. The minimum absolute atomic E-state index is 0.164. The van der Waals surface area contributed by atoms with E-state index in [-0.39, 0.29) is 11.6 Å². The molecule has 4 nitrogen and oxygen atoms in total. The van der Waals surface area contributed by atoms with Crippen molar-refractivity contribution in [3.63, 3.8) is 0 Å². The summed E-state index contributed by atoms with van der Waals surface area (Å²) in [5.41, 5.74) is 1.61. The molecular weight excluding hydrogens is 252 g/mol. The van der Waals surface area contributed by atoms with Gasteiger partial charge in [0, 0.05) is 25.9 Å². The highest BCUT2D eigenvalue weighted by molar-refractivity contribution is 6.02. The van der Waals surface area contributed by atoms with Crippen molar-refractivity contribution in [2.75, 3.05) is 25.6 Å². The van der Waals surface area contributed by atoms with E-state index in [0.717, 1.165) is 37.1 Å². The topological polar surface area (TPSA) is 41.6 Å². The number of methoxy groups -OCH3 is 1. The van der Waals surface area contributed by atoms with Gasteiger partial charge in [0.1, 0.15) is 5.66 Å². The fourth-order valence-corrected chi connectivity index (χ4v) is 3.47. The zero-order valence-electron chi connectivity index (χ0n) is 12.0. The summed E-state index contributed by atoms with van der Waals surface area (Å²) in [7, 11) is 1.71. The SMILES string of the molecule is COCCCN1C(=O)c2ccccc2NC12CCCC2. The molecule has 1 heterocycles. The molecule has 108 valence electrons. The summed E-state index contributed by atoms with van der Waals surface area (Å²) in [5, 5.41) is 3.64. The molecule has 0 unspecified atom stereocenters. The molecule has 1 N–H and O–H groups in total. The molecule has 1 spiro atoms. The predicted octanol–water partition coefficient (Wildman–Crippen LogP) is 2.86. The second-order valence-corrected chi connectivity index (χ2v) is 5.71. The fraction of sp³-hybridized carbons (Fsp3) is 0.562. The van der Waals surface area contributed by atoms with E-state index in [0.29, 0.717) is 6.61 Å². The number of carbonyl (C=O) groups is 1. The summed E-state index contributed by atoms with van der Waals surface area (Å²) in [6.07, 6.45) is 5.33. The number of nitrogens with zero attached hydrogens (tertiary/aromatic N) is 1. The van der Waals surface area contributed by atoms with Gasteiger partial charge in [-0.2, -0.15) is 0 Å². The van der Waals surface area contributed by atoms with E-state index in [2.05, 4.69) is 5.32 Å². The number of benzene rings is 1. The van der Waals surface area contributed by atoms with Crippen LogP contribution in [0, 0.1) is 0 Å². The van der Waals surface area contributed by atoms with Crippen LogP contribution in [-0.4, -0.2) is 36.7 Å². The van der Waals surface area contributed by atoms with Crippen LogP contribution in [0.15, 0.2) is 24.3 Å². The smallest absolute Gasteiger partial charge is 0.257 e. The van der Waals surface area contributed by atoms with Crippen LogP contribution in [0.2, 0.25) is 0 Å². The number of carbonyl (C=O) groups excluding carboxylic acids is 1. The number of hydrogen-bond acceptors (Lipinski definition) is 3. The number of ether oxygens (including phenoxy) is 1. The van der Waals surface area contributed by atoms with E-state index in [1.54, 1.807) is 7.11 Å². The van der Waals surface area contributed by atoms with Gasteiger partial charge >= 0.3 is 0 Å². The first-order valence-corrected chi connectivity index (χ1v) is 7.45. The standard InChI is InChI=1S/C16H22N2O2/c1-20-12-6-11-18-15(19)13-7-2-3-8-14(13)17-16(18)9-4-5-10-16/h2-3,7-8,17H,4-6,9-12H2,1H3. The lowest BCUT2D eigenvalue weighted by Crippen LogP contribution is -2.58. The third-order valence-electron chi connectivity index (χ3n) is 4.45. The van der Waals surface area contributed by atoms with Crippen LogP contribution in [-0.2, 0) is 4.74 Å². The molecule has 1 amide bonds. The number of para-hydroxylation sites is 1. The van der Waals surface area contributed by atoms with Gasteiger partial charge in [-0.25, -0.2) is 0 Å². The Kier molecular flexibility index (Phi) is 3.66. The quantitative estimate of drug-likeness (QED) is 0.858. The lowest BCUT2D eigenvalue weighted by atomic mass is 9.97. The van der Waals surface area contributed by atoms with Crippen molar-refractivity contribution < 1.29 is 9.53 Å². The average molecular weight is 274 g/mol. The fourth-order valence-electron chi connectivity index (χ4n) is 3.47. The number of amides is 1. The van der Waals surface area contributed by atoms with Crippen molar-refractivity contribution in [3.8, 4) is 0 Å². The first kappa shape index (κ1) is 13.4. The van der Waals surface area contributed by atoms with Crippen LogP contribution < -0.4 is 5.32 Å². The number of nitrogens with one attached hydrogen (secondary N) is 1. The first-order chi connectivity index (χ1) is 9.77. The number of rotatable bonds is 4. The van der Waals surface area contributed by atoms with Gasteiger partial charge in [-0.1, -0.05) is 12.1 Å². The highest BCUT2D eigenvalue weighted by Crippen LogP contribution is 2.41. The van der Waals surface area contributed by atoms with Crippen LogP contribution in [0.1, 0.15) is 42.5 Å². The molecule has 1 aromatic rings. The van der Waals surface area contributed by atoms with Crippen molar-refractivity contribution in [2.45, 2.75) is 37.8 Å². The molecule has 1 aliphatic heterocycles. The van der Waals surface area contributed by atoms with Crippen LogP contribution in [0.3, 0.4) is 0 Å². The maximum atomic E-state index is 12.8. The van der Waals surface area contributed by atoms with Gasteiger partial charge in [0.2, 0.25) is 0 Å². The molecule has 0 saturated heterocycles. The Balaban J connectivity index is 1.90. The molecule has 4 heteroatoms. The Hall–Kier alpha value is -1.55. The van der Waals surface area contributed by atoms with E-state index in [1.807, 2.05) is 29.2 Å². The Morgan fingerprint density at radius 1 is 1.30 bits per heavy atom. The molecule has 1 aliphatic carbocycles. The second-order valence-electron chi connectivity index (χ2n) is 5.71. The zero-order valence-corrected chi connectivity index (χ0v) is 12.0. The summed E-state index contributed by atoms with van der Waals surface area (Å²) in [5.74, 6) is 0.164. The molecule has 1 aromatic carbocycles. The number of hydrogen-bond donors (Lipinski definition) is 1. The van der Waals surface area contributed by atoms with Crippen LogP contribution in [0.4, 0.5) is 5.69 Å². The normalized spacial score (nSPS) is 20.1. The summed E-state index contributed by atoms with van der Waals surface area (Å²) < 4.78 is 5.13. The summed E-state index contributed by atoms with van der Waals surface area (Å²) in [6, 6.07) is 7.84. The van der Waals surface area contributed by atoms with E-state index in [9.17, 15) is 4.79 Å². The van der Waals surface area contributed by atoms with Crippen LogP contribution in [0.5, 0.6) is 0 Å². The number of anilines is 1. The van der Waals surface area contributed by atoms with Crippen LogP contribution in [0.25, 0.3) is 0 Å². The molecule has 0 bridgehead atoms. The van der Waals surface area contributed by atoms with Crippen molar-refractivity contribution in [3.05, 3.63) is 29.8 Å². The Labute approximate surface area is 120 Å². The minimum Gasteiger partial charge on any atom is -0.385 e. The molecule has 2 aliphatic rings. The van der Waals surface area contributed by atoms with Crippen LogP contribution >= 0.6 is 0 Å². The molecule has 0 aromatic heterocycles. The van der Waals surface area contributed by atoms with Crippen molar-refractivity contribution >= 4 is 11.6 Å². The number of fused-ring (bicyclic) bond motifs is 1. The highest BCUT2D eigenvalue weighted by atomic mass is 16.5.